The molecular formula is C24H30ClN3O. The van der Waals surface area contributed by atoms with Gasteiger partial charge in [0.05, 0.1) is 17.1 Å². The fraction of sp³-hybridized carbons (Fsp3) is 0.417. The summed E-state index contributed by atoms with van der Waals surface area (Å²) < 4.78 is 2.26. The number of imidazole rings is 1. The van der Waals surface area contributed by atoms with Gasteiger partial charge in [-0.3, -0.25) is 4.79 Å². The number of nitrogens with zero attached hydrogens (tertiary/aromatic N) is 2. The van der Waals surface area contributed by atoms with Crippen LogP contribution >= 0.6 is 11.6 Å². The summed E-state index contributed by atoms with van der Waals surface area (Å²) in [6.07, 6.45) is 7.49. The molecule has 1 aromatic heterocycles. The van der Waals surface area contributed by atoms with Gasteiger partial charge >= 0.3 is 0 Å². The van der Waals surface area contributed by atoms with Crippen molar-refractivity contribution in [3.63, 3.8) is 0 Å². The van der Waals surface area contributed by atoms with Crippen molar-refractivity contribution in [3.05, 3.63) is 64.9 Å². The van der Waals surface area contributed by atoms with Crippen molar-refractivity contribution in [2.24, 2.45) is 0 Å². The van der Waals surface area contributed by atoms with E-state index in [1.165, 1.54) is 32.1 Å². The Labute approximate surface area is 178 Å². The number of amides is 1. The monoisotopic (exact) mass is 411 g/mol. The predicted octanol–water partition coefficient (Wildman–Crippen LogP) is 6.54. The molecule has 3 rings (SSSR count). The number of aromatic nitrogens is 2. The molecule has 1 atom stereocenters. The Kier molecular flexibility index (Phi) is 7.70. The second-order valence-electron chi connectivity index (χ2n) is 7.58. The summed E-state index contributed by atoms with van der Waals surface area (Å²) in [6, 6.07) is 15.0. The molecule has 4 nitrogen and oxygen atoms in total. The average molecular weight is 412 g/mol. The first-order chi connectivity index (χ1) is 14.1. The van der Waals surface area contributed by atoms with Crippen LogP contribution in [0.5, 0.6) is 0 Å². The third-order valence-corrected chi connectivity index (χ3v) is 5.48. The predicted molar refractivity (Wildman–Crippen MR) is 120 cm³/mol. The van der Waals surface area contributed by atoms with Crippen LogP contribution in [0.25, 0.3) is 11.0 Å². The third-order valence-electron chi connectivity index (χ3n) is 5.24. The summed E-state index contributed by atoms with van der Waals surface area (Å²) in [5, 5.41) is 3.63. The highest BCUT2D eigenvalue weighted by atomic mass is 35.5. The molecule has 1 unspecified atom stereocenters. The van der Waals surface area contributed by atoms with Crippen molar-refractivity contribution in [2.45, 2.75) is 65.0 Å². The number of benzene rings is 2. The van der Waals surface area contributed by atoms with E-state index in [0.29, 0.717) is 10.6 Å². The van der Waals surface area contributed by atoms with Crippen molar-refractivity contribution in [2.75, 3.05) is 0 Å². The van der Waals surface area contributed by atoms with Crippen molar-refractivity contribution < 1.29 is 4.79 Å². The van der Waals surface area contributed by atoms with Crippen LogP contribution in [0.2, 0.25) is 5.02 Å². The second kappa shape index (κ2) is 10.4. The molecule has 0 saturated heterocycles. The van der Waals surface area contributed by atoms with E-state index in [0.717, 1.165) is 29.8 Å². The zero-order chi connectivity index (χ0) is 20.6. The van der Waals surface area contributed by atoms with E-state index in [1.807, 2.05) is 25.1 Å². The summed E-state index contributed by atoms with van der Waals surface area (Å²) in [5.41, 5.74) is 2.65. The second-order valence-corrected chi connectivity index (χ2v) is 8.02. The number of para-hydroxylation sites is 2. The van der Waals surface area contributed by atoms with Gasteiger partial charge in [0.25, 0.3) is 5.91 Å². The van der Waals surface area contributed by atoms with Crippen LogP contribution in [0, 0.1) is 0 Å². The molecular weight excluding hydrogens is 382 g/mol. The minimum Gasteiger partial charge on any atom is -0.342 e. The normalized spacial score (nSPS) is 12.2. The quantitative estimate of drug-likeness (QED) is 0.385. The smallest absolute Gasteiger partial charge is 0.251 e. The number of rotatable bonds is 10. The molecule has 1 amide bonds. The van der Waals surface area contributed by atoms with Crippen molar-refractivity contribution in [1.29, 1.82) is 0 Å². The Hall–Kier alpha value is -2.33. The number of unbranched alkanes of at least 4 members (excludes halogenated alkanes) is 5. The van der Waals surface area contributed by atoms with E-state index in [2.05, 4.69) is 22.9 Å². The van der Waals surface area contributed by atoms with Crippen molar-refractivity contribution >= 4 is 28.5 Å². The van der Waals surface area contributed by atoms with E-state index in [-0.39, 0.29) is 11.9 Å². The van der Waals surface area contributed by atoms with E-state index < -0.39 is 0 Å². The summed E-state index contributed by atoms with van der Waals surface area (Å²) in [4.78, 5) is 17.5. The lowest BCUT2D eigenvalue weighted by atomic mass is 10.1. The van der Waals surface area contributed by atoms with E-state index >= 15 is 0 Å². The van der Waals surface area contributed by atoms with Crippen LogP contribution in [0.4, 0.5) is 0 Å². The summed E-state index contributed by atoms with van der Waals surface area (Å²) in [5.74, 6) is 0.758. The highest BCUT2D eigenvalue weighted by molar-refractivity contribution is 6.30. The molecule has 0 radical (unpaired) electrons. The Bertz CT molecular complexity index is 950. The Morgan fingerprint density at radius 3 is 2.62 bits per heavy atom. The van der Waals surface area contributed by atoms with Crippen LogP contribution in [-0.2, 0) is 6.54 Å². The molecule has 0 aliphatic rings. The number of hydrogen-bond donors (Lipinski definition) is 1. The molecule has 2 aromatic carbocycles. The van der Waals surface area contributed by atoms with Gasteiger partial charge in [0.1, 0.15) is 5.82 Å². The van der Waals surface area contributed by atoms with Gasteiger partial charge in [-0.15, -0.1) is 0 Å². The summed E-state index contributed by atoms with van der Waals surface area (Å²) >= 11 is 6.03. The van der Waals surface area contributed by atoms with Gasteiger partial charge in [0.15, 0.2) is 0 Å². The number of carbonyl (C=O) groups is 1. The van der Waals surface area contributed by atoms with Gasteiger partial charge in [-0.05, 0) is 43.7 Å². The van der Waals surface area contributed by atoms with Crippen molar-refractivity contribution in [3.8, 4) is 0 Å². The first kappa shape index (κ1) is 21.4. The van der Waals surface area contributed by atoms with Crippen LogP contribution in [0.15, 0.2) is 48.5 Å². The topological polar surface area (TPSA) is 46.9 Å². The third kappa shape index (κ3) is 5.60. The van der Waals surface area contributed by atoms with E-state index in [4.69, 9.17) is 16.6 Å². The lowest BCUT2D eigenvalue weighted by molar-refractivity contribution is 0.0937. The van der Waals surface area contributed by atoms with Gasteiger partial charge in [-0.2, -0.15) is 0 Å². The van der Waals surface area contributed by atoms with Crippen LogP contribution in [0.3, 0.4) is 0 Å². The average Bonchev–Trinajstić information content (AvgIpc) is 3.09. The van der Waals surface area contributed by atoms with Gasteiger partial charge in [0, 0.05) is 17.1 Å². The van der Waals surface area contributed by atoms with Gasteiger partial charge in [0.2, 0.25) is 0 Å². The fourth-order valence-electron chi connectivity index (χ4n) is 3.68. The molecule has 0 saturated carbocycles. The van der Waals surface area contributed by atoms with Crippen molar-refractivity contribution in [1.82, 2.24) is 14.9 Å². The first-order valence-electron chi connectivity index (χ1n) is 10.6. The Morgan fingerprint density at radius 1 is 1.07 bits per heavy atom. The molecule has 1 heterocycles. The Morgan fingerprint density at radius 2 is 1.83 bits per heavy atom. The van der Waals surface area contributed by atoms with Crippen LogP contribution in [-0.4, -0.2) is 15.5 Å². The molecule has 154 valence electrons. The molecule has 3 aromatic rings. The highest BCUT2D eigenvalue weighted by Crippen LogP contribution is 2.22. The zero-order valence-corrected chi connectivity index (χ0v) is 18.1. The lowest BCUT2D eigenvalue weighted by Crippen LogP contribution is -2.28. The molecule has 0 fully saturated rings. The summed E-state index contributed by atoms with van der Waals surface area (Å²) in [7, 11) is 0. The number of aryl methyl sites for hydroxylation is 1. The fourth-order valence-corrected chi connectivity index (χ4v) is 3.87. The first-order valence-corrected chi connectivity index (χ1v) is 11.0. The van der Waals surface area contributed by atoms with E-state index in [1.54, 1.807) is 24.3 Å². The maximum absolute atomic E-state index is 12.7. The standard InChI is InChI=1S/C24H30ClN3O/c1-3-4-5-6-7-10-16-28-22-15-9-8-14-21(22)27-23(28)18(2)26-24(29)19-12-11-13-20(25)17-19/h8-9,11-15,17-18H,3-7,10,16H2,1-2H3,(H,26,29). The molecule has 0 aliphatic heterocycles. The van der Waals surface area contributed by atoms with E-state index in [9.17, 15) is 4.79 Å². The van der Waals surface area contributed by atoms with Gasteiger partial charge in [-0.25, -0.2) is 4.98 Å². The zero-order valence-electron chi connectivity index (χ0n) is 17.3. The number of hydrogen-bond acceptors (Lipinski definition) is 2. The largest absolute Gasteiger partial charge is 0.342 e. The highest BCUT2D eigenvalue weighted by Gasteiger charge is 2.19. The van der Waals surface area contributed by atoms with Gasteiger partial charge < -0.3 is 9.88 Å². The lowest BCUT2D eigenvalue weighted by Gasteiger charge is -2.16. The molecule has 0 bridgehead atoms. The van der Waals surface area contributed by atoms with Crippen LogP contribution in [0.1, 0.15) is 74.6 Å². The van der Waals surface area contributed by atoms with Gasteiger partial charge in [-0.1, -0.05) is 68.8 Å². The summed E-state index contributed by atoms with van der Waals surface area (Å²) in [6.45, 7) is 5.14. The molecule has 29 heavy (non-hydrogen) atoms. The number of nitrogens with one attached hydrogen (secondary N) is 1. The SMILES string of the molecule is CCCCCCCCn1c(C(C)NC(=O)c2cccc(Cl)c2)nc2ccccc21. The maximum atomic E-state index is 12.7. The number of fused-ring (bicyclic) bond motifs is 1. The minimum absolute atomic E-state index is 0.141. The Balaban J connectivity index is 1.74. The number of carbonyl (C=O) groups excluding carboxylic acids is 1. The molecule has 0 spiro atoms. The minimum atomic E-state index is -0.200. The van der Waals surface area contributed by atoms with Crippen LogP contribution < -0.4 is 5.32 Å². The molecule has 5 heteroatoms. The molecule has 1 N–H and O–H groups in total. The maximum Gasteiger partial charge on any atom is 0.251 e. The number of halogens is 1. The molecule has 0 aliphatic carbocycles.